The van der Waals surface area contributed by atoms with E-state index in [4.69, 9.17) is 5.11 Å². The number of rotatable bonds is 3. The molecular formula is C10H10N6O3. The Hall–Kier alpha value is -2.71. The summed E-state index contributed by atoms with van der Waals surface area (Å²) in [6, 6.07) is 0.00186. The lowest BCUT2D eigenvalue weighted by atomic mass is 10.1. The van der Waals surface area contributed by atoms with Gasteiger partial charge in [0.15, 0.2) is 11.5 Å². The highest BCUT2D eigenvalue weighted by Crippen LogP contribution is 2.23. The molecule has 2 aromatic rings. The molecule has 0 bridgehead atoms. The van der Waals surface area contributed by atoms with E-state index >= 15 is 0 Å². The average molecular weight is 262 g/mol. The Labute approximate surface area is 106 Å². The van der Waals surface area contributed by atoms with Gasteiger partial charge < -0.3 is 15.0 Å². The zero-order valence-corrected chi connectivity index (χ0v) is 9.72. The van der Waals surface area contributed by atoms with Gasteiger partial charge in [-0.05, 0) is 0 Å². The van der Waals surface area contributed by atoms with Gasteiger partial charge in [-0.2, -0.15) is 0 Å². The summed E-state index contributed by atoms with van der Waals surface area (Å²) in [5.74, 6) is -0.749. The van der Waals surface area contributed by atoms with E-state index in [1.807, 2.05) is 0 Å². The second-order valence-electron chi connectivity index (χ2n) is 4.19. The van der Waals surface area contributed by atoms with Crippen molar-refractivity contribution in [1.82, 2.24) is 25.0 Å². The van der Waals surface area contributed by atoms with E-state index in [2.05, 4.69) is 20.3 Å². The Balaban J connectivity index is 1.71. The highest BCUT2D eigenvalue weighted by Gasteiger charge is 2.32. The normalized spacial score (nSPS) is 15.3. The number of nitrogens with one attached hydrogen (secondary N) is 1. The van der Waals surface area contributed by atoms with Crippen LogP contribution in [-0.4, -0.2) is 49.1 Å². The molecule has 0 aliphatic carbocycles. The van der Waals surface area contributed by atoms with Crippen molar-refractivity contribution in [3.63, 3.8) is 0 Å². The smallest absolute Gasteiger partial charge is 0.358 e. The van der Waals surface area contributed by atoms with E-state index in [9.17, 15) is 9.59 Å². The van der Waals surface area contributed by atoms with E-state index in [0.29, 0.717) is 18.9 Å². The lowest BCUT2D eigenvalue weighted by Crippen LogP contribution is -2.50. The number of nitrogens with zero attached hydrogens (tertiary/aromatic N) is 5. The molecule has 3 heterocycles. The van der Waals surface area contributed by atoms with Gasteiger partial charge in [0.2, 0.25) is 0 Å². The lowest BCUT2D eigenvalue weighted by Gasteiger charge is -2.38. The number of aromatic nitrogens is 5. The van der Waals surface area contributed by atoms with E-state index in [1.165, 1.54) is 23.3 Å². The number of H-pyrrole nitrogens is 1. The van der Waals surface area contributed by atoms with Crippen LogP contribution < -0.4 is 10.5 Å². The highest BCUT2D eigenvalue weighted by atomic mass is 16.4. The molecule has 0 atom stereocenters. The van der Waals surface area contributed by atoms with Gasteiger partial charge in [0, 0.05) is 25.5 Å². The van der Waals surface area contributed by atoms with Crippen molar-refractivity contribution >= 4 is 11.8 Å². The highest BCUT2D eigenvalue weighted by molar-refractivity contribution is 5.84. The minimum Gasteiger partial charge on any atom is -0.476 e. The fourth-order valence-corrected chi connectivity index (χ4v) is 1.92. The molecule has 9 heteroatoms. The van der Waals surface area contributed by atoms with Crippen molar-refractivity contribution in [1.29, 1.82) is 0 Å². The largest absolute Gasteiger partial charge is 0.476 e. The van der Waals surface area contributed by atoms with Gasteiger partial charge in [-0.25, -0.2) is 14.5 Å². The van der Waals surface area contributed by atoms with Crippen LogP contribution in [0, 0.1) is 0 Å². The van der Waals surface area contributed by atoms with E-state index in [0.717, 1.165) is 0 Å². The molecule has 0 spiro atoms. The standard InChI is InChI=1S/C10H10N6O3/c17-9-8(11-1-2-12-9)15-3-6(4-15)16-5-7(10(18)19)13-14-16/h1-2,5-6H,3-4H2,(H,12,17)(H,18,19). The van der Waals surface area contributed by atoms with Crippen molar-refractivity contribution in [2.75, 3.05) is 18.0 Å². The predicted octanol–water partition coefficient (Wildman–Crippen LogP) is -0.879. The molecule has 19 heavy (non-hydrogen) atoms. The van der Waals surface area contributed by atoms with Crippen LogP contribution in [-0.2, 0) is 0 Å². The van der Waals surface area contributed by atoms with Crippen molar-refractivity contribution in [3.8, 4) is 0 Å². The molecule has 0 saturated carbocycles. The fourth-order valence-electron chi connectivity index (χ4n) is 1.92. The molecule has 98 valence electrons. The zero-order valence-electron chi connectivity index (χ0n) is 9.72. The van der Waals surface area contributed by atoms with Gasteiger partial charge in [-0.3, -0.25) is 4.79 Å². The van der Waals surface area contributed by atoms with Crippen LogP contribution in [0.4, 0.5) is 5.82 Å². The number of hydrogen-bond donors (Lipinski definition) is 2. The van der Waals surface area contributed by atoms with Gasteiger partial charge in [0.25, 0.3) is 5.56 Å². The van der Waals surface area contributed by atoms with Gasteiger partial charge in [-0.1, -0.05) is 5.21 Å². The summed E-state index contributed by atoms with van der Waals surface area (Å²) in [6.45, 7) is 1.09. The molecule has 0 aromatic carbocycles. The Morgan fingerprint density at radius 3 is 2.89 bits per heavy atom. The molecular weight excluding hydrogens is 252 g/mol. The number of carboxylic acid groups (broad SMARTS) is 1. The van der Waals surface area contributed by atoms with Crippen molar-refractivity contribution in [3.05, 3.63) is 34.6 Å². The predicted molar refractivity (Wildman–Crippen MR) is 63.1 cm³/mol. The number of carbonyl (C=O) groups is 1. The van der Waals surface area contributed by atoms with Gasteiger partial charge in [0.05, 0.1) is 12.2 Å². The third-order valence-corrected chi connectivity index (χ3v) is 2.95. The fraction of sp³-hybridized carbons (Fsp3) is 0.300. The topological polar surface area (TPSA) is 117 Å². The first-order valence-electron chi connectivity index (χ1n) is 5.59. The van der Waals surface area contributed by atoms with E-state index < -0.39 is 5.97 Å². The summed E-state index contributed by atoms with van der Waals surface area (Å²) in [5.41, 5.74) is -0.333. The molecule has 1 saturated heterocycles. The van der Waals surface area contributed by atoms with Crippen LogP contribution in [0.25, 0.3) is 0 Å². The number of carboxylic acids is 1. The molecule has 0 radical (unpaired) electrons. The Morgan fingerprint density at radius 2 is 2.26 bits per heavy atom. The van der Waals surface area contributed by atoms with Crippen LogP contribution in [0.2, 0.25) is 0 Å². The minimum atomic E-state index is -1.11. The number of hydrogen-bond acceptors (Lipinski definition) is 6. The third-order valence-electron chi connectivity index (χ3n) is 2.95. The maximum absolute atomic E-state index is 11.5. The molecule has 0 amide bonds. The van der Waals surface area contributed by atoms with Crippen molar-refractivity contribution < 1.29 is 9.90 Å². The minimum absolute atomic E-state index is 0.00186. The number of aromatic carboxylic acids is 1. The Bertz CT molecular complexity index is 672. The zero-order chi connectivity index (χ0) is 13.4. The quantitative estimate of drug-likeness (QED) is 0.737. The first kappa shape index (κ1) is 11.4. The molecule has 0 unspecified atom stereocenters. The summed E-state index contributed by atoms with van der Waals surface area (Å²) in [4.78, 5) is 30.6. The SMILES string of the molecule is O=C(O)c1cn(C2CN(c3ncc[nH]c3=O)C2)nn1. The second-order valence-corrected chi connectivity index (χ2v) is 4.19. The lowest BCUT2D eigenvalue weighted by molar-refractivity contribution is 0.0690. The van der Waals surface area contributed by atoms with Crippen molar-refractivity contribution in [2.24, 2.45) is 0 Å². The molecule has 2 aromatic heterocycles. The van der Waals surface area contributed by atoms with Crippen molar-refractivity contribution in [2.45, 2.75) is 6.04 Å². The summed E-state index contributed by atoms with van der Waals surface area (Å²) in [6.07, 6.45) is 4.37. The summed E-state index contributed by atoms with van der Waals surface area (Å²) >= 11 is 0. The Kier molecular flexibility index (Phi) is 2.51. The third kappa shape index (κ3) is 1.94. The molecule has 3 rings (SSSR count). The summed E-state index contributed by atoms with van der Waals surface area (Å²) in [7, 11) is 0. The monoisotopic (exact) mass is 262 g/mol. The van der Waals surface area contributed by atoms with Crippen LogP contribution in [0.5, 0.6) is 0 Å². The first-order valence-corrected chi connectivity index (χ1v) is 5.59. The van der Waals surface area contributed by atoms with Crippen LogP contribution in [0.3, 0.4) is 0 Å². The van der Waals surface area contributed by atoms with E-state index in [1.54, 1.807) is 4.90 Å². The Morgan fingerprint density at radius 1 is 1.47 bits per heavy atom. The molecule has 1 aliphatic rings. The van der Waals surface area contributed by atoms with Gasteiger partial charge in [0.1, 0.15) is 0 Å². The van der Waals surface area contributed by atoms with Crippen LogP contribution in [0.1, 0.15) is 16.5 Å². The second kappa shape index (κ2) is 4.19. The van der Waals surface area contributed by atoms with Crippen LogP contribution >= 0.6 is 0 Å². The van der Waals surface area contributed by atoms with E-state index in [-0.39, 0.29) is 17.3 Å². The summed E-state index contributed by atoms with van der Waals surface area (Å²) < 4.78 is 1.50. The number of anilines is 1. The molecule has 1 aliphatic heterocycles. The average Bonchev–Trinajstić information content (AvgIpc) is 2.79. The van der Waals surface area contributed by atoms with Gasteiger partial charge >= 0.3 is 5.97 Å². The maximum atomic E-state index is 11.5. The molecule has 1 fully saturated rings. The maximum Gasteiger partial charge on any atom is 0.358 e. The summed E-state index contributed by atoms with van der Waals surface area (Å²) in [5, 5.41) is 16.1. The first-order chi connectivity index (χ1) is 9.15. The van der Waals surface area contributed by atoms with Gasteiger partial charge in [-0.15, -0.1) is 5.10 Å². The molecule has 2 N–H and O–H groups in total. The molecule has 9 nitrogen and oxygen atoms in total. The van der Waals surface area contributed by atoms with Crippen LogP contribution in [0.15, 0.2) is 23.4 Å². The number of aromatic amines is 1.